The molecule has 0 radical (unpaired) electrons. The zero-order chi connectivity index (χ0) is 16.8. The molecular weight excluding hydrogens is 343 g/mol. The molecule has 1 aliphatic heterocycles. The second-order valence-electron chi connectivity index (χ2n) is 4.95. The van der Waals surface area contributed by atoms with Crippen molar-refractivity contribution in [3.8, 4) is 0 Å². The number of pyridine rings is 1. The van der Waals surface area contributed by atoms with Gasteiger partial charge in [0.2, 0.25) is 17.7 Å². The predicted octanol–water partition coefficient (Wildman–Crippen LogP) is 1.46. The van der Waals surface area contributed by atoms with Crippen LogP contribution in [-0.2, 0) is 14.4 Å². The van der Waals surface area contributed by atoms with Crippen molar-refractivity contribution in [2.24, 2.45) is 0 Å². The summed E-state index contributed by atoms with van der Waals surface area (Å²) in [5, 5.41) is 6.50. The smallest absolute Gasteiger partial charge is 0.229 e. The highest BCUT2D eigenvalue weighted by Crippen LogP contribution is 2.22. The fraction of sp³-hybridized carbons (Fsp3) is 0.429. The first-order chi connectivity index (χ1) is 11.0. The number of aromatic nitrogens is 1. The maximum absolute atomic E-state index is 11.7. The normalized spacial score (nSPS) is 14.3. The number of anilines is 1. The maximum atomic E-state index is 11.7. The second kappa shape index (κ2) is 8.12. The molecule has 0 unspecified atom stereocenters. The van der Waals surface area contributed by atoms with Crippen molar-refractivity contribution in [2.45, 2.75) is 19.3 Å². The van der Waals surface area contributed by atoms with Crippen LogP contribution in [0.15, 0.2) is 12.3 Å². The standard InChI is InChI=1S/C14H16Cl2N4O3/c15-9-7-10(16)14(19-8-9)18-5-4-17-11(21)3-6-20-12(22)1-2-13(20)23/h7-8H,1-6H2,(H,17,21)(H,18,19). The van der Waals surface area contributed by atoms with Gasteiger partial charge in [0.1, 0.15) is 5.82 Å². The molecule has 23 heavy (non-hydrogen) atoms. The number of imide groups is 1. The van der Waals surface area contributed by atoms with E-state index in [0.29, 0.717) is 29.0 Å². The first-order valence-corrected chi connectivity index (χ1v) is 7.88. The molecule has 0 atom stereocenters. The summed E-state index contributed by atoms with van der Waals surface area (Å²) in [6.07, 6.45) is 2.04. The number of hydrogen-bond donors (Lipinski definition) is 2. The Bertz CT molecular complexity index is 608. The lowest BCUT2D eigenvalue weighted by molar-refractivity contribution is -0.138. The summed E-state index contributed by atoms with van der Waals surface area (Å²) >= 11 is 11.7. The van der Waals surface area contributed by atoms with Crippen LogP contribution in [0.4, 0.5) is 5.82 Å². The van der Waals surface area contributed by atoms with E-state index >= 15 is 0 Å². The Hall–Kier alpha value is -1.86. The molecule has 124 valence electrons. The van der Waals surface area contributed by atoms with Crippen molar-refractivity contribution in [3.05, 3.63) is 22.3 Å². The fourth-order valence-corrected chi connectivity index (χ4v) is 2.55. The number of hydrogen-bond acceptors (Lipinski definition) is 5. The van der Waals surface area contributed by atoms with Gasteiger partial charge in [-0.25, -0.2) is 4.98 Å². The molecule has 1 aromatic heterocycles. The van der Waals surface area contributed by atoms with Gasteiger partial charge < -0.3 is 10.6 Å². The van der Waals surface area contributed by atoms with E-state index in [1.165, 1.54) is 6.20 Å². The van der Waals surface area contributed by atoms with E-state index in [4.69, 9.17) is 23.2 Å². The Labute approximate surface area is 143 Å². The van der Waals surface area contributed by atoms with Crippen molar-refractivity contribution >= 4 is 46.7 Å². The van der Waals surface area contributed by atoms with Gasteiger partial charge in [-0.1, -0.05) is 23.2 Å². The number of rotatable bonds is 7. The summed E-state index contributed by atoms with van der Waals surface area (Å²) in [5.74, 6) is -0.172. The van der Waals surface area contributed by atoms with Gasteiger partial charge in [-0.2, -0.15) is 0 Å². The summed E-state index contributed by atoms with van der Waals surface area (Å²) < 4.78 is 0. The van der Waals surface area contributed by atoms with E-state index in [1.54, 1.807) is 6.07 Å². The zero-order valence-electron chi connectivity index (χ0n) is 12.3. The highest BCUT2D eigenvalue weighted by atomic mass is 35.5. The topological polar surface area (TPSA) is 91.4 Å². The Morgan fingerprint density at radius 2 is 1.91 bits per heavy atom. The van der Waals surface area contributed by atoms with Crippen LogP contribution in [-0.4, -0.2) is 47.2 Å². The Kier molecular flexibility index (Phi) is 6.18. The number of nitrogens with zero attached hydrogens (tertiary/aromatic N) is 2. The fourth-order valence-electron chi connectivity index (χ4n) is 2.10. The van der Waals surface area contributed by atoms with Crippen molar-refractivity contribution in [1.82, 2.24) is 15.2 Å². The van der Waals surface area contributed by atoms with Crippen molar-refractivity contribution < 1.29 is 14.4 Å². The van der Waals surface area contributed by atoms with Crippen molar-refractivity contribution in [2.75, 3.05) is 25.0 Å². The quantitative estimate of drug-likeness (QED) is 0.568. The molecule has 7 nitrogen and oxygen atoms in total. The number of likely N-dealkylation sites (tertiary alicyclic amines) is 1. The average Bonchev–Trinajstić information content (AvgIpc) is 2.82. The van der Waals surface area contributed by atoms with E-state index in [9.17, 15) is 14.4 Å². The van der Waals surface area contributed by atoms with Gasteiger partial charge in [-0.05, 0) is 6.07 Å². The van der Waals surface area contributed by atoms with Crippen molar-refractivity contribution in [3.63, 3.8) is 0 Å². The molecule has 0 spiro atoms. The summed E-state index contributed by atoms with van der Waals surface area (Å²) in [6, 6.07) is 1.57. The SMILES string of the molecule is O=C(CCN1C(=O)CCC1=O)NCCNc1ncc(Cl)cc1Cl. The van der Waals surface area contributed by atoms with Crippen molar-refractivity contribution in [1.29, 1.82) is 0 Å². The molecule has 3 amide bonds. The molecule has 1 aliphatic rings. The summed E-state index contributed by atoms with van der Waals surface area (Å²) in [5.41, 5.74) is 0. The van der Waals surface area contributed by atoms with E-state index in [2.05, 4.69) is 15.6 Å². The summed E-state index contributed by atoms with van der Waals surface area (Å²) in [7, 11) is 0. The van der Waals surface area contributed by atoms with Crippen LogP contribution in [0, 0.1) is 0 Å². The molecule has 1 saturated heterocycles. The minimum atomic E-state index is -0.227. The van der Waals surface area contributed by atoms with Crippen LogP contribution in [0.3, 0.4) is 0 Å². The van der Waals surface area contributed by atoms with Gasteiger partial charge in [0, 0.05) is 45.1 Å². The molecule has 0 bridgehead atoms. The number of amides is 3. The third kappa shape index (κ3) is 5.07. The summed E-state index contributed by atoms with van der Waals surface area (Å²) in [6.45, 7) is 0.921. The molecule has 2 N–H and O–H groups in total. The average molecular weight is 359 g/mol. The minimum Gasteiger partial charge on any atom is -0.367 e. The highest BCUT2D eigenvalue weighted by Gasteiger charge is 2.28. The van der Waals surface area contributed by atoms with Gasteiger partial charge >= 0.3 is 0 Å². The molecule has 2 rings (SSSR count). The number of nitrogens with one attached hydrogen (secondary N) is 2. The number of carbonyl (C=O) groups is 3. The lowest BCUT2D eigenvalue weighted by atomic mass is 10.3. The van der Waals surface area contributed by atoms with Gasteiger partial charge in [-0.15, -0.1) is 0 Å². The molecule has 0 aliphatic carbocycles. The lowest BCUT2D eigenvalue weighted by Gasteiger charge is -2.13. The molecule has 9 heteroatoms. The molecule has 2 heterocycles. The van der Waals surface area contributed by atoms with Gasteiger partial charge in [0.05, 0.1) is 10.0 Å². The number of carbonyl (C=O) groups excluding carboxylic acids is 3. The van der Waals surface area contributed by atoms with E-state index in [1.807, 2.05) is 0 Å². The van der Waals surface area contributed by atoms with Crippen LogP contribution in [0.1, 0.15) is 19.3 Å². The van der Waals surface area contributed by atoms with E-state index < -0.39 is 0 Å². The first kappa shape index (κ1) is 17.5. The minimum absolute atomic E-state index is 0.0947. The third-order valence-corrected chi connectivity index (χ3v) is 3.76. The van der Waals surface area contributed by atoms with E-state index in [0.717, 1.165) is 4.90 Å². The van der Waals surface area contributed by atoms with Crippen LogP contribution in [0.2, 0.25) is 10.0 Å². The highest BCUT2D eigenvalue weighted by molar-refractivity contribution is 6.35. The van der Waals surface area contributed by atoms with Gasteiger partial charge in [-0.3, -0.25) is 19.3 Å². The van der Waals surface area contributed by atoms with Gasteiger partial charge in [0.15, 0.2) is 0 Å². The zero-order valence-corrected chi connectivity index (χ0v) is 13.8. The Morgan fingerprint density at radius 3 is 2.57 bits per heavy atom. The van der Waals surface area contributed by atoms with Crippen LogP contribution >= 0.6 is 23.2 Å². The monoisotopic (exact) mass is 358 g/mol. The molecule has 1 aromatic rings. The second-order valence-corrected chi connectivity index (χ2v) is 5.79. The van der Waals surface area contributed by atoms with Crippen LogP contribution in [0.5, 0.6) is 0 Å². The first-order valence-electron chi connectivity index (χ1n) is 7.12. The predicted molar refractivity (Wildman–Crippen MR) is 86.3 cm³/mol. The molecular formula is C14H16Cl2N4O3. The van der Waals surface area contributed by atoms with Crippen LogP contribution in [0.25, 0.3) is 0 Å². The maximum Gasteiger partial charge on any atom is 0.229 e. The molecule has 0 saturated carbocycles. The molecule has 1 fully saturated rings. The lowest BCUT2D eigenvalue weighted by Crippen LogP contribution is -2.35. The Morgan fingerprint density at radius 1 is 1.22 bits per heavy atom. The van der Waals surface area contributed by atoms with Crippen LogP contribution < -0.4 is 10.6 Å². The molecule has 0 aromatic carbocycles. The largest absolute Gasteiger partial charge is 0.367 e. The Balaban J connectivity index is 1.65. The third-order valence-electron chi connectivity index (χ3n) is 3.26. The van der Waals surface area contributed by atoms with Gasteiger partial charge in [0.25, 0.3) is 0 Å². The number of halogens is 2. The summed E-state index contributed by atoms with van der Waals surface area (Å²) in [4.78, 5) is 39.7. The van der Waals surface area contributed by atoms with E-state index in [-0.39, 0.29) is 43.5 Å².